The second-order valence-electron chi connectivity index (χ2n) is 50.2. The molecule has 13 saturated heterocycles. The molecule has 0 spiro atoms. The summed E-state index contributed by atoms with van der Waals surface area (Å²) in [7, 11) is 3.71. The van der Waals surface area contributed by atoms with Crippen LogP contribution in [0.5, 0.6) is 0 Å². The molecule has 5 unspecified atom stereocenters. The average Bonchev–Trinajstić information content (AvgIpc) is 1.73. The van der Waals surface area contributed by atoms with E-state index in [1.807, 2.05) is 61.1 Å². The van der Waals surface area contributed by atoms with Crippen molar-refractivity contribution in [3.63, 3.8) is 0 Å². The lowest BCUT2D eigenvalue weighted by atomic mass is 9.73. The van der Waals surface area contributed by atoms with Crippen LogP contribution in [-0.4, -0.2) is 286 Å². The number of hydrogen-bond donors (Lipinski definition) is 3. The molecule has 0 aromatic heterocycles. The predicted molar refractivity (Wildman–Crippen MR) is 606 cm³/mol. The van der Waals surface area contributed by atoms with Crippen LogP contribution in [0.1, 0.15) is 397 Å². The number of amides is 4. The summed E-state index contributed by atoms with van der Waals surface area (Å²) >= 11 is -0.750. The van der Waals surface area contributed by atoms with Gasteiger partial charge in [-0.25, -0.2) is 18.0 Å². The maximum absolute atomic E-state index is 11.9. The highest BCUT2D eigenvalue weighted by molar-refractivity contribution is 7.88. The Hall–Kier alpha value is -3.62. The smallest absolute Gasteiger partial charge is 0.410 e. The van der Waals surface area contributed by atoms with Crippen molar-refractivity contribution in [2.45, 2.75) is 438 Å². The molecule has 0 aliphatic carbocycles. The molecule has 24 nitrogen and oxygen atoms in total. The summed E-state index contributed by atoms with van der Waals surface area (Å²) in [5, 5.41) is 19.1. The van der Waals surface area contributed by atoms with E-state index in [4.69, 9.17) is 32.6 Å². The maximum Gasteiger partial charge on any atom is 0.410 e. The van der Waals surface area contributed by atoms with Crippen molar-refractivity contribution in [2.24, 2.45) is 124 Å². The number of ether oxygens (including phenoxy) is 4. The van der Waals surface area contributed by atoms with Crippen LogP contribution in [0.25, 0.3) is 0 Å². The minimum absolute atomic E-state index is 0. The van der Waals surface area contributed by atoms with E-state index in [2.05, 4.69) is 238 Å². The SMILES string of the molecule is C.CC(=O)N1CCC(C(C)C)CC1.CC(=O)N1CCCC1C(C)C.CC(C)C1(C#N)CCOCC1.CC(C)C1CCCN1.CC(C)C1CCCN1C.CC(C)C1CCCN1C(=O)OC(C)(C)C.CC(C)C1CCCN1S(C)(=O)=O.CC(C)C1CCN(C(=O)OC(C)(C)C)CC1.CC(C)C1CCN(C)CC1.CC(C)C1CCN(C)CC1.CC(C)C1CCNCC1.CC(C)C1CCOCC1.CC(C)C1CNC1.O=S=O. The maximum atomic E-state index is 11.9. The third kappa shape index (κ3) is 61.6. The zero-order valence-electron chi connectivity index (χ0n) is 99.5. The molecule has 0 bridgehead atoms. The van der Waals surface area contributed by atoms with Crippen LogP contribution in [0.4, 0.5) is 9.59 Å². The molecule has 143 heavy (non-hydrogen) atoms. The van der Waals surface area contributed by atoms with Crippen molar-refractivity contribution in [3.8, 4) is 6.07 Å². The minimum Gasteiger partial charge on any atom is -0.444 e. The number of sulfonamides is 1. The molecule has 5 atom stereocenters. The zero-order chi connectivity index (χ0) is 109. The van der Waals surface area contributed by atoms with Gasteiger partial charge in [0.1, 0.15) is 11.2 Å². The quantitative estimate of drug-likeness (QED) is 0.146. The Morgan fingerprint density at radius 2 is 0.713 bits per heavy atom. The number of nitrogens with zero attached hydrogens (tertiary/aromatic N) is 9. The largest absolute Gasteiger partial charge is 0.444 e. The van der Waals surface area contributed by atoms with Crippen LogP contribution in [0.15, 0.2) is 0 Å². The van der Waals surface area contributed by atoms with Crippen molar-refractivity contribution in [1.82, 2.24) is 54.6 Å². The highest BCUT2D eigenvalue weighted by Crippen LogP contribution is 2.38. The van der Waals surface area contributed by atoms with Crippen LogP contribution in [0, 0.1) is 135 Å². The first kappa shape index (κ1) is 141. The van der Waals surface area contributed by atoms with Gasteiger partial charge in [0.25, 0.3) is 0 Å². The fraction of sp³-hybridized carbons (Fsp3) is 0.957. The fourth-order valence-electron chi connectivity index (χ4n) is 21.4. The zero-order valence-corrected chi connectivity index (χ0v) is 101. The van der Waals surface area contributed by atoms with Gasteiger partial charge in [-0.2, -0.15) is 18.0 Å². The van der Waals surface area contributed by atoms with Crippen molar-refractivity contribution in [3.05, 3.63) is 0 Å². The van der Waals surface area contributed by atoms with Crippen LogP contribution in [-0.2, 0) is 50.1 Å². The first-order chi connectivity index (χ1) is 66.2. The minimum atomic E-state index is -2.96. The molecule has 13 heterocycles. The second kappa shape index (κ2) is 76.0. The van der Waals surface area contributed by atoms with Gasteiger partial charge in [0.2, 0.25) is 21.8 Å². The number of likely N-dealkylation sites (tertiary alicyclic amines) is 7. The molecule has 0 aromatic carbocycles. The molecule has 3 N–H and O–H groups in total. The Kier molecular flexibility index (Phi) is 75.2. The van der Waals surface area contributed by atoms with Gasteiger partial charge in [-0.1, -0.05) is 187 Å². The number of rotatable bonds is 14. The van der Waals surface area contributed by atoms with Crippen LogP contribution >= 0.6 is 0 Å². The van der Waals surface area contributed by atoms with E-state index < -0.39 is 21.6 Å². The van der Waals surface area contributed by atoms with Gasteiger partial charge >= 0.3 is 23.8 Å². The molecule has 848 valence electrons. The Morgan fingerprint density at radius 1 is 0.378 bits per heavy atom. The van der Waals surface area contributed by atoms with Crippen molar-refractivity contribution in [1.29, 1.82) is 5.26 Å². The molecule has 13 rings (SSSR count). The van der Waals surface area contributed by atoms with E-state index in [0.717, 1.165) is 224 Å². The number of piperidine rings is 5. The van der Waals surface area contributed by atoms with E-state index in [1.165, 1.54) is 174 Å². The van der Waals surface area contributed by atoms with Crippen LogP contribution in [0.3, 0.4) is 0 Å². The van der Waals surface area contributed by atoms with E-state index in [1.54, 1.807) is 18.2 Å². The third-order valence-corrected chi connectivity index (χ3v) is 33.6. The summed E-state index contributed by atoms with van der Waals surface area (Å²) in [6.45, 7) is 95.7. The standard InChI is InChI=1S/C13H25NO2.C12H23NO2.C10H19NO.C9H17NO.C9H15NO.2C9H19N.C8H17NO2S.2C8H17N.C8H16O.C7H15N.C6H13N.CH4.O2S/c1-10(2)11-6-8-14(9-7-11)12(15)16-13(3,4)5;1-9(2)10-7-6-8-13(10)11(14)15-12(3,4)5;1-8(2)10-4-6-11(7-5-10)9(3)12;1-7(2)9-5-4-6-10(9)8(3)11;1-8(2)9(7-10)3-5-11-6-4-9;2*1-8(2)9-4-6-10(3)7-5-9;1-7(2)8-5-4-6-9(8)12(3,10)11;1-7(2)8-5-4-6-9(8)3;2*1-7(2)8-3-5-9-6-4-8;1-6(2)7-4-3-5-8-7;1-5(2)6-3-7-4-6;;1-3-2/h10-11H,6-9H2,1-5H3;9-10H,6-8H2,1-5H3;8,10H,4-7H2,1-3H3;7,9H,4-6H2,1-3H3;8H,3-6H2,1-2H3;2*8-9H,4-7H2,1-3H3;7-8H,4-6H2,1-3H3;7-8H,4-6H2,1-3H3;7-9H,3-6H2,1-2H3;7-8H,3-6H2,1-2H3;6-8H,3-5H2,1-2H3;5-7H,3-4H2,1-2H3;1H4;. The first-order valence-corrected chi connectivity index (χ1v) is 59.9. The van der Waals surface area contributed by atoms with Crippen LogP contribution < -0.4 is 16.0 Å². The third-order valence-electron chi connectivity index (χ3n) is 32.3. The van der Waals surface area contributed by atoms with Crippen molar-refractivity contribution in [2.75, 3.05) is 165 Å². The first-order valence-electron chi connectivity index (χ1n) is 57.4. The van der Waals surface area contributed by atoms with Crippen LogP contribution in [0.2, 0.25) is 0 Å². The average molecular weight is 2070 g/mol. The van der Waals surface area contributed by atoms with E-state index >= 15 is 0 Å². The fourth-order valence-corrected chi connectivity index (χ4v) is 22.7. The van der Waals surface area contributed by atoms with Gasteiger partial charge in [0.15, 0.2) is 0 Å². The molecule has 13 fully saturated rings. The second-order valence-corrected chi connectivity index (χ2v) is 52.3. The molecule has 0 radical (unpaired) electrons. The number of nitrogens with one attached hydrogen (secondary N) is 3. The summed E-state index contributed by atoms with van der Waals surface area (Å²) in [5.41, 5.74) is -0.870. The molecule has 0 aromatic rings. The molecule has 0 saturated carbocycles. The number of nitriles is 1. The lowest BCUT2D eigenvalue weighted by molar-refractivity contribution is -0.131. The van der Waals surface area contributed by atoms with Gasteiger partial charge in [-0.05, 0) is 401 Å². The molecule has 4 amide bonds. The van der Waals surface area contributed by atoms with Crippen molar-refractivity contribution >= 4 is 45.6 Å². The number of carbonyl (C=O) groups is 4. The lowest BCUT2D eigenvalue weighted by Crippen LogP contribution is -2.44. The summed E-state index contributed by atoms with van der Waals surface area (Å²) in [4.78, 5) is 60.8. The van der Waals surface area contributed by atoms with Gasteiger partial charge in [0.05, 0.1) is 17.7 Å². The number of hydrogen-bond acceptors (Lipinski definition) is 19. The summed E-state index contributed by atoms with van der Waals surface area (Å²) in [6, 6.07) is 5.22. The van der Waals surface area contributed by atoms with E-state index in [-0.39, 0.29) is 54.1 Å². The Labute approximate surface area is 888 Å². The highest BCUT2D eigenvalue weighted by atomic mass is 32.2. The van der Waals surface area contributed by atoms with E-state index in [0.29, 0.717) is 42.3 Å². The monoisotopic (exact) mass is 2070 g/mol. The summed E-state index contributed by atoms with van der Waals surface area (Å²) in [5.74, 6) is 16.6. The Balaban J connectivity index is 0. The summed E-state index contributed by atoms with van der Waals surface area (Å²) < 4.78 is 62.0. The normalized spacial score (nSPS) is 23.1. The molecule has 26 heteroatoms. The molecular formula is C117H236N12O12S2. The van der Waals surface area contributed by atoms with Gasteiger partial charge in [0, 0.05) is 116 Å². The van der Waals surface area contributed by atoms with Gasteiger partial charge < -0.3 is 69.2 Å². The molecule has 13 aliphatic heterocycles. The topological polar surface area (TPSA) is 259 Å². The highest BCUT2D eigenvalue weighted by Gasteiger charge is 2.39. The predicted octanol–water partition coefficient (Wildman–Crippen LogP) is 24.6. The van der Waals surface area contributed by atoms with Crippen molar-refractivity contribution < 1.29 is 55.0 Å². The lowest BCUT2D eigenvalue weighted by Gasteiger charge is -2.34. The van der Waals surface area contributed by atoms with Gasteiger partial charge in [-0.15, -0.1) is 0 Å². The Bertz CT molecular complexity index is 3340. The molecule has 13 aliphatic rings. The number of carbonyl (C=O) groups excluding carboxylic acids is 4. The van der Waals surface area contributed by atoms with Gasteiger partial charge in [-0.3, -0.25) is 9.59 Å². The Morgan fingerprint density at radius 3 is 0.972 bits per heavy atom. The summed E-state index contributed by atoms with van der Waals surface area (Å²) in [6.07, 6.45) is 30.6. The van der Waals surface area contributed by atoms with E-state index in [9.17, 15) is 27.6 Å². The molecular weight excluding hydrogens is 1830 g/mol.